The molecule has 4 nitrogen and oxygen atoms in total. The van der Waals surface area contributed by atoms with Gasteiger partial charge in [0.25, 0.3) is 0 Å². The Morgan fingerprint density at radius 1 is 1.04 bits per heavy atom. The zero-order valence-electron chi connectivity index (χ0n) is 14.5. The lowest BCUT2D eigenvalue weighted by molar-refractivity contribution is -0.145. The Labute approximate surface area is 147 Å². The van der Waals surface area contributed by atoms with Crippen molar-refractivity contribution >= 4 is 16.9 Å². The Hall–Kier alpha value is -2.75. The van der Waals surface area contributed by atoms with E-state index in [9.17, 15) is 4.79 Å². The molecule has 0 radical (unpaired) electrons. The van der Waals surface area contributed by atoms with Gasteiger partial charge in [0.2, 0.25) is 0 Å². The highest BCUT2D eigenvalue weighted by molar-refractivity contribution is 5.82. The molecule has 0 aliphatic carbocycles. The molecule has 1 heterocycles. The van der Waals surface area contributed by atoms with Gasteiger partial charge in [-0.25, -0.2) is 0 Å². The maximum absolute atomic E-state index is 11.6. The Balaban J connectivity index is 1.60. The molecular weight excluding hydrogens is 314 g/mol. The van der Waals surface area contributed by atoms with E-state index < -0.39 is 0 Å². The summed E-state index contributed by atoms with van der Waals surface area (Å²) < 4.78 is 11.1. The first-order chi connectivity index (χ1) is 12.2. The third kappa shape index (κ3) is 4.86. The van der Waals surface area contributed by atoms with Gasteiger partial charge < -0.3 is 14.5 Å². The van der Waals surface area contributed by atoms with Crippen molar-refractivity contribution in [3.05, 3.63) is 65.9 Å². The number of hydrogen-bond donors (Lipinski definition) is 1. The summed E-state index contributed by atoms with van der Waals surface area (Å²) in [6.07, 6.45) is 2.34. The van der Waals surface area contributed by atoms with Crippen LogP contribution in [-0.4, -0.2) is 11.0 Å². The van der Waals surface area contributed by atoms with E-state index in [4.69, 9.17) is 9.47 Å². The Kier molecular flexibility index (Phi) is 5.73. The Bertz CT molecular complexity index is 824. The van der Waals surface area contributed by atoms with E-state index in [0.29, 0.717) is 13.0 Å². The summed E-state index contributed by atoms with van der Waals surface area (Å²) >= 11 is 0. The number of nitrogens with one attached hydrogen (secondary N) is 1. The highest BCUT2D eigenvalue weighted by Crippen LogP contribution is 2.23. The summed E-state index contributed by atoms with van der Waals surface area (Å²) in [5.74, 6) is 0.675. The number of aromatic nitrogens is 1. The van der Waals surface area contributed by atoms with E-state index in [1.54, 1.807) is 0 Å². The van der Waals surface area contributed by atoms with E-state index in [-0.39, 0.29) is 12.6 Å². The summed E-state index contributed by atoms with van der Waals surface area (Å²) in [5.41, 5.74) is 3.03. The van der Waals surface area contributed by atoms with Crippen LogP contribution in [0.4, 0.5) is 0 Å². The van der Waals surface area contributed by atoms with Crippen LogP contribution in [0.5, 0.6) is 5.75 Å². The van der Waals surface area contributed by atoms with Crippen LogP contribution in [0, 0.1) is 0 Å². The zero-order chi connectivity index (χ0) is 17.5. The van der Waals surface area contributed by atoms with Crippen molar-refractivity contribution in [1.29, 1.82) is 0 Å². The van der Waals surface area contributed by atoms with Gasteiger partial charge in [-0.3, -0.25) is 4.79 Å². The standard InChI is InChI=1S/C21H23NO3/c1-2-3-9-21(23)25-15-18-12-17-13-19(10-11-20(17)22-18)24-14-16-7-5-4-6-8-16/h4-8,10-13,22H,2-3,9,14-15H2,1H3. The number of carbonyl (C=O) groups excluding carboxylic acids is 1. The lowest BCUT2D eigenvalue weighted by atomic mass is 10.2. The summed E-state index contributed by atoms with van der Waals surface area (Å²) in [5, 5.41) is 1.05. The number of unbranched alkanes of at least 4 members (excludes halogenated alkanes) is 1. The molecule has 0 spiro atoms. The van der Waals surface area contributed by atoms with Crippen molar-refractivity contribution < 1.29 is 14.3 Å². The second-order valence-corrected chi connectivity index (χ2v) is 6.08. The van der Waals surface area contributed by atoms with E-state index in [2.05, 4.69) is 11.9 Å². The van der Waals surface area contributed by atoms with Crippen LogP contribution >= 0.6 is 0 Å². The maximum Gasteiger partial charge on any atom is 0.306 e. The average Bonchev–Trinajstić information content (AvgIpc) is 3.06. The number of rotatable bonds is 8. The number of H-pyrrole nitrogens is 1. The number of esters is 1. The van der Waals surface area contributed by atoms with Crippen LogP contribution in [0.25, 0.3) is 10.9 Å². The fourth-order valence-electron chi connectivity index (χ4n) is 2.63. The van der Waals surface area contributed by atoms with Gasteiger partial charge in [0.05, 0.1) is 5.69 Å². The van der Waals surface area contributed by atoms with Gasteiger partial charge in [-0.05, 0) is 36.2 Å². The van der Waals surface area contributed by atoms with Crippen molar-refractivity contribution in [1.82, 2.24) is 4.98 Å². The summed E-state index contributed by atoms with van der Waals surface area (Å²) in [7, 11) is 0. The van der Waals surface area contributed by atoms with Crippen LogP contribution in [0.15, 0.2) is 54.6 Å². The van der Waals surface area contributed by atoms with E-state index >= 15 is 0 Å². The highest BCUT2D eigenvalue weighted by atomic mass is 16.5. The van der Waals surface area contributed by atoms with Crippen molar-refractivity contribution in [2.45, 2.75) is 39.4 Å². The fraction of sp³-hybridized carbons (Fsp3) is 0.286. The third-order valence-corrected chi connectivity index (χ3v) is 4.02. The van der Waals surface area contributed by atoms with Crippen LogP contribution < -0.4 is 4.74 Å². The molecule has 0 aliphatic heterocycles. The predicted octanol–water partition coefficient (Wildman–Crippen LogP) is 4.98. The van der Waals surface area contributed by atoms with Crippen LogP contribution in [-0.2, 0) is 22.7 Å². The quantitative estimate of drug-likeness (QED) is 0.590. The summed E-state index contributed by atoms with van der Waals surface area (Å²) in [4.78, 5) is 14.9. The number of ether oxygens (including phenoxy) is 2. The second kappa shape index (κ2) is 8.38. The van der Waals surface area contributed by atoms with Crippen LogP contribution in [0.3, 0.4) is 0 Å². The molecular formula is C21H23NO3. The van der Waals surface area contributed by atoms with Gasteiger partial charge in [0, 0.05) is 17.3 Å². The van der Waals surface area contributed by atoms with Crippen LogP contribution in [0.1, 0.15) is 37.4 Å². The molecule has 130 valence electrons. The molecule has 0 aliphatic rings. The second-order valence-electron chi connectivity index (χ2n) is 6.08. The number of carbonyl (C=O) groups is 1. The SMILES string of the molecule is CCCCC(=O)OCc1cc2cc(OCc3ccccc3)ccc2[nH]1. The van der Waals surface area contributed by atoms with Crippen molar-refractivity contribution in [2.24, 2.45) is 0 Å². The first kappa shape index (κ1) is 17.1. The van der Waals surface area contributed by atoms with Gasteiger partial charge >= 0.3 is 5.97 Å². The Morgan fingerprint density at radius 3 is 2.68 bits per heavy atom. The van der Waals surface area contributed by atoms with Gasteiger partial charge in [0.15, 0.2) is 0 Å². The molecule has 3 rings (SSSR count). The molecule has 0 fully saturated rings. The summed E-state index contributed by atoms with van der Waals surface area (Å²) in [6.45, 7) is 2.87. The third-order valence-electron chi connectivity index (χ3n) is 4.02. The largest absolute Gasteiger partial charge is 0.489 e. The molecule has 0 amide bonds. The zero-order valence-corrected chi connectivity index (χ0v) is 14.5. The van der Waals surface area contributed by atoms with E-state index in [0.717, 1.165) is 40.8 Å². The highest BCUT2D eigenvalue weighted by Gasteiger charge is 2.06. The van der Waals surface area contributed by atoms with Crippen molar-refractivity contribution in [3.8, 4) is 5.75 Å². The lowest BCUT2D eigenvalue weighted by Gasteiger charge is -2.06. The van der Waals surface area contributed by atoms with E-state index in [1.165, 1.54) is 0 Å². The molecule has 0 unspecified atom stereocenters. The average molecular weight is 337 g/mol. The molecule has 1 aromatic heterocycles. The molecule has 2 aromatic carbocycles. The number of fused-ring (bicyclic) bond motifs is 1. The minimum Gasteiger partial charge on any atom is -0.489 e. The molecule has 25 heavy (non-hydrogen) atoms. The molecule has 3 aromatic rings. The maximum atomic E-state index is 11.6. The normalized spacial score (nSPS) is 10.8. The minimum atomic E-state index is -0.146. The first-order valence-electron chi connectivity index (χ1n) is 8.68. The van der Waals surface area contributed by atoms with Gasteiger partial charge in [-0.2, -0.15) is 0 Å². The molecule has 1 N–H and O–H groups in total. The minimum absolute atomic E-state index is 0.146. The molecule has 4 heteroatoms. The number of aromatic amines is 1. The predicted molar refractivity (Wildman–Crippen MR) is 98.4 cm³/mol. The van der Waals surface area contributed by atoms with Gasteiger partial charge in [-0.15, -0.1) is 0 Å². The number of hydrogen-bond acceptors (Lipinski definition) is 3. The topological polar surface area (TPSA) is 51.3 Å². The first-order valence-corrected chi connectivity index (χ1v) is 8.68. The fourth-order valence-corrected chi connectivity index (χ4v) is 2.63. The Morgan fingerprint density at radius 2 is 1.88 bits per heavy atom. The lowest BCUT2D eigenvalue weighted by Crippen LogP contribution is -2.04. The van der Waals surface area contributed by atoms with Crippen molar-refractivity contribution in [3.63, 3.8) is 0 Å². The molecule has 0 saturated carbocycles. The van der Waals surface area contributed by atoms with Gasteiger partial charge in [-0.1, -0.05) is 43.7 Å². The van der Waals surface area contributed by atoms with Crippen molar-refractivity contribution in [2.75, 3.05) is 0 Å². The molecule has 0 bridgehead atoms. The van der Waals surface area contributed by atoms with E-state index in [1.807, 2.05) is 54.6 Å². The smallest absolute Gasteiger partial charge is 0.306 e. The molecule has 0 saturated heterocycles. The van der Waals surface area contributed by atoms with Gasteiger partial charge in [0.1, 0.15) is 19.0 Å². The summed E-state index contributed by atoms with van der Waals surface area (Å²) in [6, 6.07) is 18.0. The van der Waals surface area contributed by atoms with Crippen LogP contribution in [0.2, 0.25) is 0 Å². The molecule has 0 atom stereocenters. The monoisotopic (exact) mass is 337 g/mol. The number of benzene rings is 2.